The van der Waals surface area contributed by atoms with E-state index in [9.17, 15) is 0 Å². The molecule has 1 aliphatic rings. The van der Waals surface area contributed by atoms with Crippen LogP contribution in [0.4, 0.5) is 0 Å². The number of nitrogens with one attached hydrogen (secondary N) is 1. The Morgan fingerprint density at radius 1 is 1.23 bits per heavy atom. The van der Waals surface area contributed by atoms with Gasteiger partial charge in [0.05, 0.1) is 0 Å². The molecule has 0 amide bonds. The van der Waals surface area contributed by atoms with Gasteiger partial charge in [-0.2, -0.15) is 0 Å². The van der Waals surface area contributed by atoms with Crippen LogP contribution in [0, 0.1) is 0 Å². The molecule has 0 radical (unpaired) electrons. The summed E-state index contributed by atoms with van der Waals surface area (Å²) in [5, 5.41) is 3.38. The number of hydrogen-bond acceptors (Lipinski definition) is 2. The quantitative estimate of drug-likeness (QED) is 0.717. The Hall–Kier alpha value is -0.0800. The van der Waals surface area contributed by atoms with Gasteiger partial charge in [0.25, 0.3) is 0 Å². The molecular weight excluding hydrogens is 160 g/mol. The average Bonchev–Trinajstić information content (AvgIpc) is 2.18. The summed E-state index contributed by atoms with van der Waals surface area (Å²) in [5.41, 5.74) is 0. The Morgan fingerprint density at radius 2 is 1.85 bits per heavy atom. The van der Waals surface area contributed by atoms with Gasteiger partial charge in [0.1, 0.15) is 0 Å². The molecule has 0 atom stereocenters. The van der Waals surface area contributed by atoms with E-state index in [4.69, 9.17) is 0 Å². The summed E-state index contributed by atoms with van der Waals surface area (Å²) in [4.78, 5) is 2.53. The number of hydrogen-bond donors (Lipinski definition) is 1. The molecule has 1 fully saturated rings. The topological polar surface area (TPSA) is 15.3 Å². The molecule has 2 nitrogen and oxygen atoms in total. The first kappa shape index (κ1) is 11.0. The predicted molar refractivity (Wildman–Crippen MR) is 58.0 cm³/mol. The van der Waals surface area contributed by atoms with Gasteiger partial charge in [-0.25, -0.2) is 0 Å². The standard InChI is InChI=1S/C11H24N2/c1-4-9-13(3)11-7-5-10(12-2)6-8-11/h10-12H,4-9H2,1-3H3. The van der Waals surface area contributed by atoms with E-state index in [-0.39, 0.29) is 0 Å². The zero-order chi connectivity index (χ0) is 9.68. The van der Waals surface area contributed by atoms with Crippen molar-refractivity contribution in [3.63, 3.8) is 0 Å². The fourth-order valence-corrected chi connectivity index (χ4v) is 2.34. The van der Waals surface area contributed by atoms with E-state index in [1.807, 2.05) is 0 Å². The molecule has 0 unspecified atom stereocenters. The third-order valence-corrected chi connectivity index (χ3v) is 3.30. The molecule has 0 aliphatic heterocycles. The van der Waals surface area contributed by atoms with Gasteiger partial charge in [-0.05, 0) is 52.7 Å². The maximum atomic E-state index is 3.38. The summed E-state index contributed by atoms with van der Waals surface area (Å²) >= 11 is 0. The largest absolute Gasteiger partial charge is 0.317 e. The van der Waals surface area contributed by atoms with Crippen LogP contribution in [-0.4, -0.2) is 37.6 Å². The highest BCUT2D eigenvalue weighted by atomic mass is 15.1. The van der Waals surface area contributed by atoms with E-state index in [0.29, 0.717) is 0 Å². The summed E-state index contributed by atoms with van der Waals surface area (Å²) in [7, 11) is 4.36. The summed E-state index contributed by atoms with van der Waals surface area (Å²) in [6, 6.07) is 1.64. The lowest BCUT2D eigenvalue weighted by Crippen LogP contribution is -2.40. The molecule has 0 aromatic carbocycles. The summed E-state index contributed by atoms with van der Waals surface area (Å²) in [6.07, 6.45) is 6.75. The van der Waals surface area contributed by atoms with Crippen LogP contribution in [0.1, 0.15) is 39.0 Å². The fraction of sp³-hybridized carbons (Fsp3) is 1.00. The van der Waals surface area contributed by atoms with Crippen LogP contribution >= 0.6 is 0 Å². The van der Waals surface area contributed by atoms with E-state index < -0.39 is 0 Å². The second-order valence-corrected chi connectivity index (χ2v) is 4.27. The fourth-order valence-electron chi connectivity index (χ4n) is 2.34. The molecule has 0 saturated heterocycles. The number of rotatable bonds is 4. The molecular formula is C11H24N2. The van der Waals surface area contributed by atoms with Crippen molar-refractivity contribution in [2.45, 2.75) is 51.1 Å². The normalized spacial score (nSPS) is 29.5. The first-order valence-electron chi connectivity index (χ1n) is 5.65. The minimum atomic E-state index is 0.784. The van der Waals surface area contributed by atoms with Crippen LogP contribution in [0.3, 0.4) is 0 Å². The van der Waals surface area contributed by atoms with Crippen molar-refractivity contribution >= 4 is 0 Å². The maximum absolute atomic E-state index is 3.38. The van der Waals surface area contributed by atoms with Crippen molar-refractivity contribution in [2.75, 3.05) is 20.6 Å². The Morgan fingerprint density at radius 3 is 2.31 bits per heavy atom. The molecule has 1 aliphatic carbocycles. The lowest BCUT2D eigenvalue weighted by molar-refractivity contribution is 0.177. The van der Waals surface area contributed by atoms with Gasteiger partial charge in [0.15, 0.2) is 0 Å². The Balaban J connectivity index is 2.23. The Bertz CT molecular complexity index is 128. The summed E-state index contributed by atoms with van der Waals surface area (Å²) < 4.78 is 0. The van der Waals surface area contributed by atoms with E-state index >= 15 is 0 Å². The Kier molecular flexibility index (Phi) is 4.74. The van der Waals surface area contributed by atoms with Crippen molar-refractivity contribution in [3.05, 3.63) is 0 Å². The highest BCUT2D eigenvalue weighted by Crippen LogP contribution is 2.22. The van der Waals surface area contributed by atoms with Gasteiger partial charge in [-0.15, -0.1) is 0 Å². The molecule has 1 saturated carbocycles. The van der Waals surface area contributed by atoms with Gasteiger partial charge in [-0.3, -0.25) is 0 Å². The predicted octanol–water partition coefficient (Wildman–Crippen LogP) is 1.86. The summed E-state index contributed by atoms with van der Waals surface area (Å²) in [6.45, 7) is 3.52. The maximum Gasteiger partial charge on any atom is 0.00933 e. The first-order valence-corrected chi connectivity index (χ1v) is 5.65. The minimum absolute atomic E-state index is 0.784. The zero-order valence-corrected chi connectivity index (χ0v) is 9.34. The molecule has 13 heavy (non-hydrogen) atoms. The number of nitrogens with zero attached hydrogens (tertiary/aromatic N) is 1. The van der Waals surface area contributed by atoms with Gasteiger partial charge in [0.2, 0.25) is 0 Å². The highest BCUT2D eigenvalue weighted by Gasteiger charge is 2.22. The average molecular weight is 184 g/mol. The van der Waals surface area contributed by atoms with Crippen molar-refractivity contribution < 1.29 is 0 Å². The molecule has 0 bridgehead atoms. The van der Waals surface area contributed by atoms with E-state index in [1.54, 1.807) is 0 Å². The third kappa shape index (κ3) is 3.28. The molecule has 0 aromatic heterocycles. The molecule has 1 rings (SSSR count). The van der Waals surface area contributed by atoms with Gasteiger partial charge < -0.3 is 10.2 Å². The molecule has 0 spiro atoms. The molecule has 0 aromatic rings. The van der Waals surface area contributed by atoms with Crippen LogP contribution in [0.2, 0.25) is 0 Å². The molecule has 0 heterocycles. The molecule has 2 heteroatoms. The second-order valence-electron chi connectivity index (χ2n) is 4.27. The van der Waals surface area contributed by atoms with Crippen LogP contribution in [0.25, 0.3) is 0 Å². The SMILES string of the molecule is CCCN(C)C1CCC(NC)CC1. The Labute approximate surface area is 82.7 Å². The van der Waals surface area contributed by atoms with Gasteiger partial charge in [-0.1, -0.05) is 6.92 Å². The minimum Gasteiger partial charge on any atom is -0.317 e. The monoisotopic (exact) mass is 184 g/mol. The van der Waals surface area contributed by atoms with E-state index in [1.165, 1.54) is 38.6 Å². The van der Waals surface area contributed by atoms with E-state index in [0.717, 1.165) is 12.1 Å². The smallest absolute Gasteiger partial charge is 0.00933 e. The van der Waals surface area contributed by atoms with Crippen molar-refractivity contribution in [3.8, 4) is 0 Å². The van der Waals surface area contributed by atoms with Gasteiger partial charge in [0, 0.05) is 12.1 Å². The highest BCUT2D eigenvalue weighted by molar-refractivity contribution is 4.80. The van der Waals surface area contributed by atoms with Crippen LogP contribution in [-0.2, 0) is 0 Å². The van der Waals surface area contributed by atoms with Crippen molar-refractivity contribution in [2.24, 2.45) is 0 Å². The van der Waals surface area contributed by atoms with E-state index in [2.05, 4.69) is 31.2 Å². The van der Waals surface area contributed by atoms with Crippen molar-refractivity contribution in [1.82, 2.24) is 10.2 Å². The lowest BCUT2D eigenvalue weighted by Gasteiger charge is -2.34. The van der Waals surface area contributed by atoms with Crippen LogP contribution < -0.4 is 5.32 Å². The zero-order valence-electron chi connectivity index (χ0n) is 9.34. The third-order valence-electron chi connectivity index (χ3n) is 3.30. The molecule has 1 N–H and O–H groups in total. The molecule has 78 valence electrons. The van der Waals surface area contributed by atoms with Crippen molar-refractivity contribution in [1.29, 1.82) is 0 Å². The lowest BCUT2D eigenvalue weighted by atomic mass is 9.90. The van der Waals surface area contributed by atoms with Crippen LogP contribution in [0.15, 0.2) is 0 Å². The second kappa shape index (κ2) is 5.61. The first-order chi connectivity index (χ1) is 6.27. The summed E-state index contributed by atoms with van der Waals surface area (Å²) in [5.74, 6) is 0. The van der Waals surface area contributed by atoms with Crippen LogP contribution in [0.5, 0.6) is 0 Å². The van der Waals surface area contributed by atoms with Gasteiger partial charge >= 0.3 is 0 Å².